The Morgan fingerprint density at radius 2 is 1.74 bits per heavy atom. The quantitative estimate of drug-likeness (QED) is 0.736. The normalized spacial score (nSPS) is 10.3. The number of anilines is 3. The largest absolute Gasteiger partial charge is 0.349 e. The van der Waals surface area contributed by atoms with Gasteiger partial charge in [0.25, 0.3) is 0 Å². The fourth-order valence-electron chi connectivity index (χ4n) is 2.01. The maximum atomic E-state index is 5.87. The standard InChI is InChI=1S/C17H16ClN5/c1-12-2-8-15(9-3-12)21-16-11-20-23-17(22-16)19-10-13-4-6-14(18)7-5-13/h2-9,11H,10H2,1H3,(H2,19,21,22,23). The van der Waals surface area contributed by atoms with Crippen LogP contribution < -0.4 is 10.6 Å². The van der Waals surface area contributed by atoms with Crippen LogP contribution in [0.1, 0.15) is 11.1 Å². The van der Waals surface area contributed by atoms with Crippen molar-refractivity contribution in [2.45, 2.75) is 13.5 Å². The second-order valence-electron chi connectivity index (χ2n) is 5.14. The van der Waals surface area contributed by atoms with E-state index in [4.69, 9.17) is 11.6 Å². The molecule has 0 bridgehead atoms. The minimum atomic E-state index is 0.470. The third kappa shape index (κ3) is 4.40. The first-order chi connectivity index (χ1) is 11.2. The third-order valence-electron chi connectivity index (χ3n) is 3.25. The number of aromatic nitrogens is 3. The summed E-state index contributed by atoms with van der Waals surface area (Å²) in [4.78, 5) is 4.40. The minimum Gasteiger partial charge on any atom is -0.349 e. The van der Waals surface area contributed by atoms with Gasteiger partial charge in [0.2, 0.25) is 5.95 Å². The Morgan fingerprint density at radius 3 is 2.48 bits per heavy atom. The van der Waals surface area contributed by atoms with Gasteiger partial charge in [-0.05, 0) is 36.8 Å². The van der Waals surface area contributed by atoms with Crippen molar-refractivity contribution in [3.8, 4) is 0 Å². The molecule has 1 heterocycles. The molecule has 0 unspecified atom stereocenters. The summed E-state index contributed by atoms with van der Waals surface area (Å²) < 4.78 is 0. The second-order valence-corrected chi connectivity index (χ2v) is 5.57. The SMILES string of the molecule is Cc1ccc(Nc2cnnc(NCc3ccc(Cl)cc3)n2)cc1. The number of hydrogen-bond acceptors (Lipinski definition) is 5. The molecule has 3 rings (SSSR count). The number of aryl methyl sites for hydroxylation is 1. The lowest BCUT2D eigenvalue weighted by Gasteiger charge is -2.08. The molecule has 0 aliphatic carbocycles. The second kappa shape index (κ2) is 7.07. The summed E-state index contributed by atoms with van der Waals surface area (Å²) in [6.45, 7) is 2.65. The highest BCUT2D eigenvalue weighted by Gasteiger charge is 2.02. The summed E-state index contributed by atoms with van der Waals surface area (Å²) in [5, 5.41) is 15.0. The number of nitrogens with one attached hydrogen (secondary N) is 2. The molecule has 116 valence electrons. The van der Waals surface area contributed by atoms with E-state index in [9.17, 15) is 0 Å². The van der Waals surface area contributed by atoms with E-state index in [0.717, 1.165) is 16.3 Å². The summed E-state index contributed by atoms with van der Waals surface area (Å²) in [5.74, 6) is 1.11. The minimum absolute atomic E-state index is 0.470. The summed E-state index contributed by atoms with van der Waals surface area (Å²) in [6, 6.07) is 15.7. The first kappa shape index (κ1) is 15.2. The molecule has 5 nitrogen and oxygen atoms in total. The molecule has 0 atom stereocenters. The van der Waals surface area contributed by atoms with Crippen LogP contribution in [-0.4, -0.2) is 15.2 Å². The fourth-order valence-corrected chi connectivity index (χ4v) is 2.13. The van der Waals surface area contributed by atoms with Crippen molar-refractivity contribution < 1.29 is 0 Å². The molecule has 0 radical (unpaired) electrons. The molecule has 6 heteroatoms. The Labute approximate surface area is 139 Å². The van der Waals surface area contributed by atoms with Gasteiger partial charge in [-0.15, -0.1) is 5.10 Å². The van der Waals surface area contributed by atoms with Crippen LogP contribution in [-0.2, 0) is 6.54 Å². The maximum Gasteiger partial charge on any atom is 0.244 e. The van der Waals surface area contributed by atoms with Crippen molar-refractivity contribution in [3.05, 3.63) is 70.9 Å². The van der Waals surface area contributed by atoms with Gasteiger partial charge >= 0.3 is 0 Å². The molecule has 3 aromatic rings. The molecular weight excluding hydrogens is 310 g/mol. The predicted molar refractivity (Wildman–Crippen MR) is 93.1 cm³/mol. The molecule has 0 saturated carbocycles. The Morgan fingerprint density at radius 1 is 1.00 bits per heavy atom. The van der Waals surface area contributed by atoms with Crippen LogP contribution in [0.5, 0.6) is 0 Å². The first-order valence-corrected chi connectivity index (χ1v) is 7.58. The van der Waals surface area contributed by atoms with Crippen molar-refractivity contribution in [1.82, 2.24) is 15.2 Å². The van der Waals surface area contributed by atoms with Gasteiger partial charge in [-0.25, -0.2) is 0 Å². The highest BCUT2D eigenvalue weighted by molar-refractivity contribution is 6.30. The summed E-state index contributed by atoms with van der Waals surface area (Å²) >= 11 is 5.87. The zero-order valence-corrected chi connectivity index (χ0v) is 13.4. The Kier molecular flexibility index (Phi) is 4.68. The molecule has 0 aliphatic heterocycles. The Balaban J connectivity index is 1.65. The van der Waals surface area contributed by atoms with Crippen LogP contribution in [0.25, 0.3) is 0 Å². The van der Waals surface area contributed by atoms with Gasteiger partial charge in [0.05, 0.1) is 6.20 Å². The molecule has 23 heavy (non-hydrogen) atoms. The lowest BCUT2D eigenvalue weighted by molar-refractivity contribution is 0.949. The number of benzene rings is 2. The summed E-state index contributed by atoms with van der Waals surface area (Å²) in [7, 11) is 0. The van der Waals surface area contributed by atoms with E-state index in [1.165, 1.54) is 5.56 Å². The molecule has 0 fully saturated rings. The van der Waals surface area contributed by atoms with Gasteiger partial charge < -0.3 is 10.6 Å². The predicted octanol–water partition coefficient (Wildman–Crippen LogP) is 4.19. The van der Waals surface area contributed by atoms with E-state index in [1.54, 1.807) is 6.20 Å². The van der Waals surface area contributed by atoms with Crippen LogP contribution in [0.3, 0.4) is 0 Å². The van der Waals surface area contributed by atoms with E-state index in [1.807, 2.05) is 48.5 Å². The average molecular weight is 326 g/mol. The molecule has 0 saturated heterocycles. The molecule has 1 aromatic heterocycles. The van der Waals surface area contributed by atoms with Gasteiger partial charge in [0.15, 0.2) is 5.82 Å². The monoisotopic (exact) mass is 325 g/mol. The fraction of sp³-hybridized carbons (Fsp3) is 0.118. The van der Waals surface area contributed by atoms with E-state index >= 15 is 0 Å². The lowest BCUT2D eigenvalue weighted by atomic mass is 10.2. The van der Waals surface area contributed by atoms with Crippen molar-refractivity contribution in [2.24, 2.45) is 0 Å². The topological polar surface area (TPSA) is 62.7 Å². The van der Waals surface area contributed by atoms with Crippen LogP contribution >= 0.6 is 11.6 Å². The van der Waals surface area contributed by atoms with E-state index in [-0.39, 0.29) is 0 Å². The lowest BCUT2D eigenvalue weighted by Crippen LogP contribution is -2.06. The third-order valence-corrected chi connectivity index (χ3v) is 3.50. The molecule has 0 spiro atoms. The summed E-state index contributed by atoms with van der Waals surface area (Å²) in [6.07, 6.45) is 1.59. The smallest absolute Gasteiger partial charge is 0.244 e. The highest BCUT2D eigenvalue weighted by Crippen LogP contribution is 2.15. The van der Waals surface area contributed by atoms with Crippen molar-refractivity contribution in [1.29, 1.82) is 0 Å². The molecule has 0 amide bonds. The van der Waals surface area contributed by atoms with Crippen LogP contribution in [0.2, 0.25) is 5.02 Å². The Hall–Kier alpha value is -2.66. The molecular formula is C17H16ClN5. The van der Waals surface area contributed by atoms with Gasteiger partial charge in [0, 0.05) is 17.3 Å². The molecule has 2 aromatic carbocycles. The van der Waals surface area contributed by atoms with Gasteiger partial charge in [0.1, 0.15) is 0 Å². The molecule has 0 aliphatic rings. The van der Waals surface area contributed by atoms with Crippen molar-refractivity contribution in [2.75, 3.05) is 10.6 Å². The van der Waals surface area contributed by atoms with Crippen LogP contribution in [0.15, 0.2) is 54.7 Å². The van der Waals surface area contributed by atoms with E-state index < -0.39 is 0 Å². The van der Waals surface area contributed by atoms with Crippen LogP contribution in [0.4, 0.5) is 17.5 Å². The average Bonchev–Trinajstić information content (AvgIpc) is 2.57. The van der Waals surface area contributed by atoms with Gasteiger partial charge in [-0.3, -0.25) is 0 Å². The zero-order valence-electron chi connectivity index (χ0n) is 12.6. The zero-order chi connectivity index (χ0) is 16.1. The van der Waals surface area contributed by atoms with Crippen molar-refractivity contribution in [3.63, 3.8) is 0 Å². The summed E-state index contributed by atoms with van der Waals surface area (Å²) in [5.41, 5.74) is 3.26. The van der Waals surface area contributed by atoms with Gasteiger partial charge in [-0.2, -0.15) is 10.1 Å². The van der Waals surface area contributed by atoms with E-state index in [2.05, 4.69) is 32.7 Å². The van der Waals surface area contributed by atoms with Gasteiger partial charge in [-0.1, -0.05) is 41.4 Å². The number of hydrogen-bond donors (Lipinski definition) is 2. The van der Waals surface area contributed by atoms with E-state index in [0.29, 0.717) is 18.3 Å². The number of rotatable bonds is 5. The highest BCUT2D eigenvalue weighted by atomic mass is 35.5. The first-order valence-electron chi connectivity index (χ1n) is 7.21. The Bertz CT molecular complexity index is 772. The maximum absolute atomic E-state index is 5.87. The molecule has 2 N–H and O–H groups in total. The van der Waals surface area contributed by atoms with Crippen molar-refractivity contribution >= 4 is 29.1 Å². The van der Waals surface area contributed by atoms with Crippen LogP contribution in [0, 0.1) is 6.92 Å². The number of nitrogens with zero attached hydrogens (tertiary/aromatic N) is 3. The number of halogens is 1.